The van der Waals surface area contributed by atoms with Crippen LogP contribution >= 0.6 is 0 Å². The molecule has 1 atom stereocenters. The zero-order chi connectivity index (χ0) is 24.3. The van der Waals surface area contributed by atoms with Crippen LogP contribution in [0.4, 0.5) is 13.2 Å². The molecular weight excluding hydrogens is 451 g/mol. The van der Waals surface area contributed by atoms with Crippen molar-refractivity contribution in [3.63, 3.8) is 0 Å². The number of fused-ring (bicyclic) bond motifs is 1. The van der Waals surface area contributed by atoms with Gasteiger partial charge in [-0.05, 0) is 44.2 Å². The monoisotopic (exact) mass is 477 g/mol. The van der Waals surface area contributed by atoms with E-state index < -0.39 is 6.36 Å². The highest BCUT2D eigenvalue weighted by Gasteiger charge is 2.32. The Labute approximate surface area is 195 Å². The van der Waals surface area contributed by atoms with Gasteiger partial charge in [0.05, 0.1) is 31.6 Å². The van der Waals surface area contributed by atoms with Crippen LogP contribution < -0.4 is 4.74 Å². The number of hydrogen-bond donors (Lipinski definition) is 0. The summed E-state index contributed by atoms with van der Waals surface area (Å²) in [4.78, 5) is 9.21. The number of nitrogens with zero attached hydrogens (tertiary/aromatic N) is 3. The van der Waals surface area contributed by atoms with Gasteiger partial charge in [-0.3, -0.25) is 4.98 Å². The van der Waals surface area contributed by atoms with Gasteiger partial charge in [-0.2, -0.15) is 0 Å². The molecule has 1 aliphatic rings. The molecule has 2 aromatic heterocycles. The van der Waals surface area contributed by atoms with Gasteiger partial charge < -0.3 is 23.5 Å². The maximum Gasteiger partial charge on any atom is 0.573 e. The Morgan fingerprint density at radius 3 is 2.74 bits per heavy atom. The van der Waals surface area contributed by atoms with Crippen molar-refractivity contribution in [2.24, 2.45) is 0 Å². The van der Waals surface area contributed by atoms with E-state index in [2.05, 4.69) is 14.3 Å². The number of pyridine rings is 1. The molecule has 0 aliphatic carbocycles. The SMILES string of the molecule is COCOCc1cc(-c2nc(-c3ccnc(C)c3)c3n2CC(C)OCC3)ccc1OC(F)(F)F. The maximum atomic E-state index is 12.9. The van der Waals surface area contributed by atoms with Crippen LogP contribution in [0.1, 0.15) is 23.9 Å². The fraction of sp³-hybridized carbons (Fsp3) is 0.417. The van der Waals surface area contributed by atoms with Gasteiger partial charge in [-0.25, -0.2) is 4.98 Å². The molecular formula is C24H26F3N3O4. The quantitative estimate of drug-likeness (QED) is 0.356. The standard InChI is InChI=1S/C24H26F3N3O4/c1-15-10-17(6-8-28-15)22-20-7-9-33-16(2)12-30(20)23(29-22)18-4-5-21(34-24(25,26)27)19(11-18)13-32-14-31-3/h4-6,8,10-11,16H,7,9,12-14H2,1-3H3. The van der Waals surface area contributed by atoms with Gasteiger partial charge in [0.15, 0.2) is 0 Å². The number of imidazole rings is 1. The number of hydrogen-bond acceptors (Lipinski definition) is 6. The highest BCUT2D eigenvalue weighted by atomic mass is 19.4. The first-order valence-electron chi connectivity index (χ1n) is 10.8. The Morgan fingerprint density at radius 1 is 1.18 bits per heavy atom. The smallest absolute Gasteiger partial charge is 0.405 e. The Balaban J connectivity index is 1.82. The minimum Gasteiger partial charge on any atom is -0.405 e. The molecule has 0 radical (unpaired) electrons. The van der Waals surface area contributed by atoms with Gasteiger partial charge in [0.25, 0.3) is 0 Å². The van der Waals surface area contributed by atoms with Crippen molar-refractivity contribution in [1.82, 2.24) is 14.5 Å². The van der Waals surface area contributed by atoms with Crippen molar-refractivity contribution in [2.45, 2.75) is 45.9 Å². The van der Waals surface area contributed by atoms with E-state index >= 15 is 0 Å². The zero-order valence-corrected chi connectivity index (χ0v) is 19.2. The largest absolute Gasteiger partial charge is 0.573 e. The Morgan fingerprint density at radius 2 is 2.00 bits per heavy atom. The molecule has 3 aromatic rings. The first-order valence-corrected chi connectivity index (χ1v) is 10.8. The lowest BCUT2D eigenvalue weighted by Crippen LogP contribution is -2.18. The number of ether oxygens (including phenoxy) is 4. The average molecular weight is 477 g/mol. The third-order valence-corrected chi connectivity index (χ3v) is 5.43. The van der Waals surface area contributed by atoms with Crippen LogP contribution in [0.2, 0.25) is 0 Å². The summed E-state index contributed by atoms with van der Waals surface area (Å²) in [6.45, 7) is 4.84. The molecule has 1 aromatic carbocycles. The van der Waals surface area contributed by atoms with Crippen LogP contribution in [-0.2, 0) is 33.8 Å². The molecule has 0 bridgehead atoms. The second-order valence-electron chi connectivity index (χ2n) is 8.08. The molecule has 0 amide bonds. The molecule has 0 N–H and O–H groups in total. The summed E-state index contributed by atoms with van der Waals surface area (Å²) in [5.74, 6) is 0.319. The summed E-state index contributed by atoms with van der Waals surface area (Å²) in [5, 5.41) is 0. The van der Waals surface area contributed by atoms with E-state index in [1.807, 2.05) is 26.0 Å². The fourth-order valence-electron chi connectivity index (χ4n) is 4.04. The number of benzene rings is 1. The molecule has 182 valence electrons. The van der Waals surface area contributed by atoms with Crippen LogP contribution in [-0.4, -0.2) is 47.5 Å². The van der Waals surface area contributed by atoms with Crippen LogP contribution in [0, 0.1) is 6.92 Å². The van der Waals surface area contributed by atoms with Crippen molar-refractivity contribution in [3.8, 4) is 28.4 Å². The number of aryl methyl sites for hydroxylation is 1. The second kappa shape index (κ2) is 10.1. The summed E-state index contributed by atoms with van der Waals surface area (Å²) in [5.41, 5.74) is 4.51. The summed E-state index contributed by atoms with van der Waals surface area (Å²) in [7, 11) is 1.44. The van der Waals surface area contributed by atoms with Crippen molar-refractivity contribution in [3.05, 3.63) is 53.5 Å². The average Bonchev–Trinajstić information content (AvgIpc) is 3.00. The predicted octanol–water partition coefficient (Wildman–Crippen LogP) is 4.90. The number of rotatable bonds is 7. The molecule has 10 heteroatoms. The number of methoxy groups -OCH3 is 1. The van der Waals surface area contributed by atoms with Crippen LogP contribution in [0.15, 0.2) is 36.5 Å². The zero-order valence-electron chi connectivity index (χ0n) is 19.2. The minimum absolute atomic E-state index is 0.0430. The highest BCUT2D eigenvalue weighted by molar-refractivity contribution is 5.69. The number of aromatic nitrogens is 3. The van der Waals surface area contributed by atoms with Crippen LogP contribution in [0.25, 0.3) is 22.6 Å². The predicted molar refractivity (Wildman–Crippen MR) is 118 cm³/mol. The van der Waals surface area contributed by atoms with Crippen molar-refractivity contribution in [2.75, 3.05) is 20.5 Å². The molecule has 0 fully saturated rings. The third kappa shape index (κ3) is 5.57. The van der Waals surface area contributed by atoms with Crippen molar-refractivity contribution >= 4 is 0 Å². The summed E-state index contributed by atoms with van der Waals surface area (Å²) >= 11 is 0. The Bertz CT molecular complexity index is 1150. The molecule has 34 heavy (non-hydrogen) atoms. The fourth-order valence-corrected chi connectivity index (χ4v) is 4.04. The van der Waals surface area contributed by atoms with E-state index in [1.165, 1.54) is 13.2 Å². The lowest BCUT2D eigenvalue weighted by atomic mass is 10.1. The summed E-state index contributed by atoms with van der Waals surface area (Å²) in [6.07, 6.45) is -2.47. The molecule has 7 nitrogen and oxygen atoms in total. The lowest BCUT2D eigenvalue weighted by molar-refractivity contribution is -0.275. The van der Waals surface area contributed by atoms with E-state index in [0.717, 1.165) is 22.6 Å². The first kappa shape index (κ1) is 24.2. The van der Waals surface area contributed by atoms with Crippen molar-refractivity contribution in [1.29, 1.82) is 0 Å². The minimum atomic E-state index is -4.82. The first-order chi connectivity index (χ1) is 16.2. The van der Waals surface area contributed by atoms with Gasteiger partial charge in [0.2, 0.25) is 0 Å². The molecule has 0 saturated heterocycles. The second-order valence-corrected chi connectivity index (χ2v) is 8.08. The molecule has 3 heterocycles. The van der Waals surface area contributed by atoms with Gasteiger partial charge in [0, 0.05) is 47.8 Å². The molecule has 0 spiro atoms. The van der Waals surface area contributed by atoms with E-state index in [9.17, 15) is 13.2 Å². The van der Waals surface area contributed by atoms with E-state index in [-0.39, 0.29) is 30.8 Å². The molecule has 1 unspecified atom stereocenters. The number of alkyl halides is 3. The van der Waals surface area contributed by atoms with Crippen LogP contribution in [0.3, 0.4) is 0 Å². The lowest BCUT2D eigenvalue weighted by Gasteiger charge is -2.16. The van der Waals surface area contributed by atoms with Crippen molar-refractivity contribution < 1.29 is 32.1 Å². The Hall–Kier alpha value is -2.95. The summed E-state index contributed by atoms with van der Waals surface area (Å²) < 4.78 is 61.2. The normalized spacial score (nSPS) is 16.2. The summed E-state index contributed by atoms with van der Waals surface area (Å²) in [6, 6.07) is 8.35. The number of halogens is 3. The van der Waals surface area contributed by atoms with E-state index in [1.54, 1.807) is 18.3 Å². The Kier molecular flexibility index (Phi) is 7.20. The van der Waals surface area contributed by atoms with E-state index in [0.29, 0.717) is 31.0 Å². The van der Waals surface area contributed by atoms with E-state index in [4.69, 9.17) is 19.2 Å². The van der Waals surface area contributed by atoms with Crippen LogP contribution in [0.5, 0.6) is 5.75 Å². The highest BCUT2D eigenvalue weighted by Crippen LogP contribution is 2.35. The van der Waals surface area contributed by atoms with Gasteiger partial charge >= 0.3 is 6.36 Å². The maximum absolute atomic E-state index is 12.9. The third-order valence-electron chi connectivity index (χ3n) is 5.43. The van der Waals surface area contributed by atoms with Gasteiger partial charge in [-0.1, -0.05) is 0 Å². The molecule has 4 rings (SSSR count). The van der Waals surface area contributed by atoms with Gasteiger partial charge in [0.1, 0.15) is 18.4 Å². The molecule has 0 saturated carbocycles. The molecule has 1 aliphatic heterocycles. The van der Waals surface area contributed by atoms with Gasteiger partial charge in [-0.15, -0.1) is 13.2 Å². The topological polar surface area (TPSA) is 67.6 Å².